The molecule has 1 amide bonds. The van der Waals surface area contributed by atoms with Gasteiger partial charge in [0.15, 0.2) is 5.13 Å². The third kappa shape index (κ3) is 4.05. The number of piperazine rings is 1. The van der Waals surface area contributed by atoms with E-state index in [-0.39, 0.29) is 5.91 Å². The van der Waals surface area contributed by atoms with E-state index in [9.17, 15) is 4.79 Å². The van der Waals surface area contributed by atoms with Crippen LogP contribution >= 0.6 is 11.3 Å². The first-order chi connectivity index (χ1) is 12.6. The van der Waals surface area contributed by atoms with Gasteiger partial charge >= 0.3 is 0 Å². The van der Waals surface area contributed by atoms with E-state index >= 15 is 0 Å². The van der Waals surface area contributed by atoms with Crippen LogP contribution in [0.25, 0.3) is 0 Å². The molecule has 26 heavy (non-hydrogen) atoms. The van der Waals surface area contributed by atoms with E-state index in [1.165, 1.54) is 0 Å². The quantitative estimate of drug-likeness (QED) is 0.776. The maximum Gasteiger partial charge on any atom is 0.223 e. The molecule has 1 saturated heterocycles. The Kier molecular flexibility index (Phi) is 5.89. The van der Waals surface area contributed by atoms with Gasteiger partial charge in [-0.15, -0.1) is 11.3 Å². The molecule has 1 aliphatic heterocycles. The zero-order valence-corrected chi connectivity index (χ0v) is 16.1. The van der Waals surface area contributed by atoms with Crippen molar-refractivity contribution in [2.24, 2.45) is 0 Å². The number of nitrogens with zero attached hydrogens (tertiary/aromatic N) is 6. The van der Waals surface area contributed by atoms with E-state index < -0.39 is 0 Å². The van der Waals surface area contributed by atoms with Crippen LogP contribution in [0.5, 0.6) is 0 Å². The highest BCUT2D eigenvalue weighted by molar-refractivity contribution is 7.13. The Morgan fingerprint density at radius 3 is 2.73 bits per heavy atom. The van der Waals surface area contributed by atoms with Gasteiger partial charge in [-0.1, -0.05) is 0 Å². The fraction of sp³-hybridized carbons (Fsp3) is 0.556. The van der Waals surface area contributed by atoms with E-state index in [0.717, 1.165) is 48.3 Å². The highest BCUT2D eigenvalue weighted by Gasteiger charge is 2.23. The summed E-state index contributed by atoms with van der Waals surface area (Å²) in [4.78, 5) is 21.1. The summed E-state index contributed by atoms with van der Waals surface area (Å²) in [5.41, 5.74) is 3.17. The van der Waals surface area contributed by atoms with Crippen molar-refractivity contribution in [2.75, 3.05) is 31.1 Å². The number of carbonyl (C=O) groups excluding carboxylic acids is 1. The van der Waals surface area contributed by atoms with Gasteiger partial charge in [0.1, 0.15) is 0 Å². The summed E-state index contributed by atoms with van der Waals surface area (Å²) in [5, 5.41) is 16.3. The van der Waals surface area contributed by atoms with Gasteiger partial charge in [-0.3, -0.25) is 9.48 Å². The van der Waals surface area contributed by atoms with Gasteiger partial charge in [0, 0.05) is 49.9 Å². The van der Waals surface area contributed by atoms with E-state index in [0.29, 0.717) is 25.8 Å². The second kappa shape index (κ2) is 8.32. The molecule has 0 bridgehead atoms. The maximum atomic E-state index is 12.6. The monoisotopic (exact) mass is 372 g/mol. The number of rotatable bonds is 6. The number of hydrogen-bond donors (Lipinski definition) is 0. The summed E-state index contributed by atoms with van der Waals surface area (Å²) < 4.78 is 1.88. The van der Waals surface area contributed by atoms with Crippen molar-refractivity contribution < 1.29 is 4.79 Å². The fourth-order valence-corrected chi connectivity index (χ4v) is 4.08. The van der Waals surface area contributed by atoms with E-state index in [1.54, 1.807) is 11.3 Å². The summed E-state index contributed by atoms with van der Waals surface area (Å²) in [7, 11) is 0. The average molecular weight is 372 g/mol. The molecule has 0 N–H and O–H groups in total. The Labute approximate surface area is 157 Å². The van der Waals surface area contributed by atoms with Crippen molar-refractivity contribution in [3.8, 4) is 6.07 Å². The minimum absolute atomic E-state index is 0.201. The Bertz CT molecular complexity index is 783. The molecule has 7 nitrogen and oxygen atoms in total. The van der Waals surface area contributed by atoms with Gasteiger partial charge in [-0.2, -0.15) is 10.4 Å². The van der Waals surface area contributed by atoms with Crippen LogP contribution in [0.2, 0.25) is 0 Å². The lowest BCUT2D eigenvalue weighted by atomic mass is 10.1. The first kappa shape index (κ1) is 18.4. The number of nitriles is 1. The molecule has 0 aliphatic carbocycles. The number of anilines is 1. The van der Waals surface area contributed by atoms with Crippen molar-refractivity contribution >= 4 is 22.4 Å². The van der Waals surface area contributed by atoms with E-state index in [2.05, 4.69) is 21.1 Å². The highest BCUT2D eigenvalue weighted by Crippen LogP contribution is 2.20. The van der Waals surface area contributed by atoms with Crippen LogP contribution in [0.3, 0.4) is 0 Å². The zero-order valence-electron chi connectivity index (χ0n) is 15.3. The first-order valence-corrected chi connectivity index (χ1v) is 9.80. The number of carbonyl (C=O) groups is 1. The van der Waals surface area contributed by atoms with Crippen LogP contribution in [-0.4, -0.2) is 51.8 Å². The molecule has 138 valence electrons. The molecule has 0 spiro atoms. The largest absolute Gasteiger partial charge is 0.345 e. The number of aromatic nitrogens is 3. The summed E-state index contributed by atoms with van der Waals surface area (Å²) in [5.74, 6) is 0.201. The van der Waals surface area contributed by atoms with Crippen LogP contribution in [0, 0.1) is 25.2 Å². The highest BCUT2D eigenvalue weighted by atomic mass is 32.1. The van der Waals surface area contributed by atoms with Crippen LogP contribution in [-0.2, 0) is 17.8 Å². The van der Waals surface area contributed by atoms with E-state index in [4.69, 9.17) is 5.26 Å². The van der Waals surface area contributed by atoms with Gasteiger partial charge in [-0.25, -0.2) is 4.98 Å². The molecule has 0 aromatic carbocycles. The lowest BCUT2D eigenvalue weighted by Gasteiger charge is -2.34. The smallest absolute Gasteiger partial charge is 0.223 e. The van der Waals surface area contributed by atoms with Gasteiger partial charge in [0.25, 0.3) is 0 Å². The van der Waals surface area contributed by atoms with Gasteiger partial charge in [0.05, 0.1) is 24.7 Å². The Morgan fingerprint density at radius 1 is 1.31 bits per heavy atom. The summed E-state index contributed by atoms with van der Waals surface area (Å²) in [6.07, 6.45) is 3.47. The molecule has 8 heteroatoms. The normalized spacial score (nSPS) is 14.5. The summed E-state index contributed by atoms with van der Waals surface area (Å²) in [6, 6.07) is 2.15. The standard InChI is InChI=1S/C18H24N6OS/c1-14-16(15(2)24(21-14)8-3-6-19)4-5-17(25)22-9-11-23(12-10-22)18-20-7-13-26-18/h7,13H,3-5,8-12H2,1-2H3. The van der Waals surface area contributed by atoms with Crippen molar-refractivity contribution in [3.63, 3.8) is 0 Å². The molecular formula is C18H24N6OS. The molecule has 1 aliphatic rings. The lowest BCUT2D eigenvalue weighted by molar-refractivity contribution is -0.131. The molecule has 2 aromatic heterocycles. The zero-order chi connectivity index (χ0) is 18.5. The summed E-state index contributed by atoms with van der Waals surface area (Å²) in [6.45, 7) is 7.77. The molecule has 3 rings (SSSR count). The van der Waals surface area contributed by atoms with E-state index in [1.807, 2.05) is 35.0 Å². The Hall–Kier alpha value is -2.40. The number of aryl methyl sites for hydroxylation is 2. The maximum absolute atomic E-state index is 12.6. The Morgan fingerprint density at radius 2 is 2.08 bits per heavy atom. The van der Waals surface area contributed by atoms with Crippen molar-refractivity contribution in [1.29, 1.82) is 5.26 Å². The first-order valence-electron chi connectivity index (χ1n) is 8.92. The van der Waals surface area contributed by atoms with Crippen LogP contribution in [0.15, 0.2) is 11.6 Å². The van der Waals surface area contributed by atoms with Gasteiger partial charge in [-0.05, 0) is 25.8 Å². The van der Waals surface area contributed by atoms with Gasteiger partial charge < -0.3 is 9.80 Å². The van der Waals surface area contributed by atoms with Crippen molar-refractivity contribution in [3.05, 3.63) is 28.5 Å². The minimum Gasteiger partial charge on any atom is -0.345 e. The lowest BCUT2D eigenvalue weighted by Crippen LogP contribution is -2.48. The van der Waals surface area contributed by atoms with Crippen LogP contribution < -0.4 is 4.90 Å². The Balaban J connectivity index is 1.52. The number of hydrogen-bond acceptors (Lipinski definition) is 6. The third-order valence-electron chi connectivity index (χ3n) is 4.88. The van der Waals surface area contributed by atoms with Crippen molar-refractivity contribution in [1.82, 2.24) is 19.7 Å². The second-order valence-corrected chi connectivity index (χ2v) is 7.34. The fourth-order valence-electron chi connectivity index (χ4n) is 3.38. The molecular weight excluding hydrogens is 348 g/mol. The average Bonchev–Trinajstić information content (AvgIpc) is 3.27. The van der Waals surface area contributed by atoms with Crippen LogP contribution in [0.1, 0.15) is 29.8 Å². The molecule has 3 heterocycles. The molecule has 0 unspecified atom stereocenters. The molecule has 0 radical (unpaired) electrons. The third-order valence-corrected chi connectivity index (χ3v) is 5.71. The van der Waals surface area contributed by atoms with Crippen molar-refractivity contribution in [2.45, 2.75) is 39.7 Å². The van der Waals surface area contributed by atoms with Crippen LogP contribution in [0.4, 0.5) is 5.13 Å². The molecule has 0 saturated carbocycles. The summed E-state index contributed by atoms with van der Waals surface area (Å²) >= 11 is 1.64. The molecule has 1 fully saturated rings. The second-order valence-electron chi connectivity index (χ2n) is 6.46. The predicted octanol–water partition coefficient (Wildman–Crippen LogP) is 2.15. The predicted molar refractivity (Wildman–Crippen MR) is 101 cm³/mol. The number of amides is 1. The molecule has 2 aromatic rings. The minimum atomic E-state index is 0.201. The van der Waals surface area contributed by atoms with Gasteiger partial charge in [0.2, 0.25) is 5.91 Å². The molecule has 0 atom stereocenters. The topological polar surface area (TPSA) is 78.0 Å². The number of thiazole rings is 1. The SMILES string of the molecule is Cc1nn(CCC#N)c(C)c1CCC(=O)N1CCN(c2nccs2)CC1.